The fraction of sp³-hybridized carbons (Fsp3) is 0.400. The summed E-state index contributed by atoms with van der Waals surface area (Å²) >= 11 is 6.09. The fourth-order valence-electron chi connectivity index (χ4n) is 0.699. The van der Waals surface area contributed by atoms with Gasteiger partial charge < -0.3 is 0 Å². The molecule has 0 aromatic rings. The number of hydrogen-bond acceptors (Lipinski definition) is 4. The summed E-state index contributed by atoms with van der Waals surface area (Å²) in [5.41, 5.74) is 0. The first-order chi connectivity index (χ1) is 5.15. The maximum absolute atomic E-state index is 10.9. The fourth-order valence-corrected chi connectivity index (χ4v) is 1.21. The van der Waals surface area contributed by atoms with Crippen molar-refractivity contribution in [3.63, 3.8) is 0 Å². The lowest BCUT2D eigenvalue weighted by atomic mass is 10.6. The molecule has 0 aromatic carbocycles. The number of carbonyl (C=O) groups excluding carboxylic acids is 2. The molecule has 0 aliphatic carbocycles. The van der Waals surface area contributed by atoms with E-state index in [0.717, 1.165) is 0 Å². The van der Waals surface area contributed by atoms with Crippen molar-refractivity contribution in [2.45, 2.75) is 0 Å². The summed E-state index contributed by atoms with van der Waals surface area (Å²) in [5, 5.41) is 2.13. The van der Waals surface area contributed by atoms with Crippen molar-refractivity contribution in [2.24, 2.45) is 0 Å². The highest BCUT2D eigenvalue weighted by atomic mass is 32.2. The number of imide groups is 1. The van der Waals surface area contributed by atoms with E-state index in [1.54, 1.807) is 6.26 Å². The van der Waals surface area contributed by atoms with Crippen LogP contribution >= 0.6 is 24.0 Å². The Morgan fingerprint density at radius 3 is 2.73 bits per heavy atom. The van der Waals surface area contributed by atoms with E-state index >= 15 is 0 Å². The Hall–Kier alpha value is -0.620. The highest BCUT2D eigenvalue weighted by Gasteiger charge is 2.28. The molecule has 1 saturated heterocycles. The first-order valence-electron chi connectivity index (χ1n) is 2.84. The van der Waals surface area contributed by atoms with Gasteiger partial charge in [0.1, 0.15) is 10.9 Å². The lowest BCUT2D eigenvalue weighted by Crippen LogP contribution is -2.30. The molecule has 0 saturated carbocycles. The van der Waals surface area contributed by atoms with E-state index in [9.17, 15) is 9.59 Å². The summed E-state index contributed by atoms with van der Waals surface area (Å²) < 4.78 is 0.424. The van der Waals surface area contributed by atoms with Gasteiger partial charge in [0.05, 0.1) is 0 Å². The zero-order valence-electron chi connectivity index (χ0n) is 5.79. The molecule has 1 fully saturated rings. The van der Waals surface area contributed by atoms with Gasteiger partial charge in [-0.3, -0.25) is 15.0 Å². The van der Waals surface area contributed by atoms with Crippen LogP contribution in [0, 0.1) is 0 Å². The minimum absolute atomic E-state index is 0.0541. The van der Waals surface area contributed by atoms with Crippen LogP contribution in [0.3, 0.4) is 0 Å². The minimum atomic E-state index is -0.422. The second kappa shape index (κ2) is 3.19. The number of hydrogen-bond donors (Lipinski definition) is 1. The van der Waals surface area contributed by atoms with Crippen LogP contribution in [0.4, 0.5) is 4.79 Å². The van der Waals surface area contributed by atoms with Crippen molar-refractivity contribution in [1.82, 2.24) is 10.2 Å². The predicted molar refractivity (Wildman–Crippen MR) is 46.4 cm³/mol. The molecule has 11 heavy (non-hydrogen) atoms. The summed E-state index contributed by atoms with van der Waals surface area (Å²) in [5.74, 6) is -0.300. The molecule has 1 rings (SSSR count). The van der Waals surface area contributed by atoms with E-state index in [0.29, 0.717) is 4.32 Å². The maximum Gasteiger partial charge on any atom is 0.330 e. The molecule has 60 valence electrons. The number of carbonyl (C=O) groups is 2. The number of nitrogens with zero attached hydrogens (tertiary/aromatic N) is 1. The van der Waals surface area contributed by atoms with Gasteiger partial charge in [0, 0.05) is 0 Å². The minimum Gasteiger partial charge on any atom is -0.276 e. The second-order valence-electron chi connectivity index (χ2n) is 1.91. The van der Waals surface area contributed by atoms with Crippen LogP contribution in [0.25, 0.3) is 0 Å². The number of urea groups is 1. The molecule has 6 heteroatoms. The SMILES string of the molecule is CSC(=S)N1CC(=O)NC1=O. The Morgan fingerprint density at radius 1 is 1.73 bits per heavy atom. The lowest BCUT2D eigenvalue weighted by molar-refractivity contribution is -0.118. The molecule has 0 spiro atoms. The van der Waals surface area contributed by atoms with Crippen molar-refractivity contribution >= 4 is 40.2 Å². The highest BCUT2D eigenvalue weighted by Crippen LogP contribution is 2.08. The Bertz CT molecular complexity index is 229. The van der Waals surface area contributed by atoms with E-state index in [-0.39, 0.29) is 12.5 Å². The Labute approximate surface area is 73.3 Å². The number of amides is 3. The van der Waals surface area contributed by atoms with Gasteiger partial charge >= 0.3 is 6.03 Å². The van der Waals surface area contributed by atoms with E-state index in [1.807, 2.05) is 0 Å². The molecule has 0 atom stereocenters. The molecule has 0 bridgehead atoms. The standard InChI is InChI=1S/C5H6N2O2S2/c1-11-5(10)7-2-3(8)6-4(7)9/h2H2,1H3,(H,6,8,9). The molecule has 1 aliphatic rings. The average Bonchev–Trinajstić information content (AvgIpc) is 2.28. The average molecular weight is 190 g/mol. The third-order valence-corrected chi connectivity index (χ3v) is 2.48. The second-order valence-corrected chi connectivity index (χ2v) is 3.35. The van der Waals surface area contributed by atoms with Gasteiger partial charge in [-0.2, -0.15) is 0 Å². The molecular formula is C5H6N2O2S2. The van der Waals surface area contributed by atoms with Gasteiger partial charge in [0.2, 0.25) is 5.91 Å². The van der Waals surface area contributed by atoms with Crippen molar-refractivity contribution < 1.29 is 9.59 Å². The molecule has 4 nitrogen and oxygen atoms in total. The summed E-state index contributed by atoms with van der Waals surface area (Å²) in [6, 6.07) is -0.422. The Morgan fingerprint density at radius 2 is 2.36 bits per heavy atom. The third-order valence-electron chi connectivity index (χ3n) is 1.19. The van der Waals surface area contributed by atoms with Gasteiger partial charge in [-0.25, -0.2) is 4.79 Å². The largest absolute Gasteiger partial charge is 0.330 e. The Kier molecular flexibility index (Phi) is 2.45. The molecule has 0 unspecified atom stereocenters. The van der Waals surface area contributed by atoms with Crippen LogP contribution in [0.15, 0.2) is 0 Å². The van der Waals surface area contributed by atoms with Gasteiger partial charge in [-0.15, -0.1) is 0 Å². The molecule has 0 aromatic heterocycles. The topological polar surface area (TPSA) is 49.4 Å². The van der Waals surface area contributed by atoms with Crippen LogP contribution in [0.2, 0.25) is 0 Å². The van der Waals surface area contributed by atoms with Crippen LogP contribution < -0.4 is 5.32 Å². The van der Waals surface area contributed by atoms with Crippen molar-refractivity contribution in [2.75, 3.05) is 12.8 Å². The summed E-state index contributed by atoms with van der Waals surface area (Å²) in [7, 11) is 0. The monoisotopic (exact) mass is 190 g/mol. The molecule has 1 aliphatic heterocycles. The van der Waals surface area contributed by atoms with Crippen LogP contribution in [0.1, 0.15) is 0 Å². The zero-order valence-corrected chi connectivity index (χ0v) is 7.42. The van der Waals surface area contributed by atoms with E-state index in [1.165, 1.54) is 16.7 Å². The number of thiocarbonyl (C=S) groups is 1. The molecule has 1 heterocycles. The normalized spacial score (nSPS) is 17.0. The first kappa shape index (κ1) is 8.48. The van der Waals surface area contributed by atoms with Crippen LogP contribution in [-0.2, 0) is 4.79 Å². The van der Waals surface area contributed by atoms with Gasteiger partial charge in [0.15, 0.2) is 0 Å². The van der Waals surface area contributed by atoms with Crippen molar-refractivity contribution in [1.29, 1.82) is 0 Å². The lowest BCUT2D eigenvalue weighted by Gasteiger charge is -2.10. The summed E-state index contributed by atoms with van der Waals surface area (Å²) in [4.78, 5) is 22.8. The Balaban J connectivity index is 2.67. The van der Waals surface area contributed by atoms with Gasteiger partial charge in [-0.1, -0.05) is 24.0 Å². The van der Waals surface area contributed by atoms with Gasteiger partial charge in [-0.05, 0) is 6.26 Å². The van der Waals surface area contributed by atoms with E-state index < -0.39 is 6.03 Å². The van der Waals surface area contributed by atoms with E-state index in [4.69, 9.17) is 12.2 Å². The number of thioether (sulfide) groups is 1. The number of nitrogens with one attached hydrogen (secondary N) is 1. The van der Waals surface area contributed by atoms with Gasteiger partial charge in [0.25, 0.3) is 0 Å². The van der Waals surface area contributed by atoms with Crippen LogP contribution in [-0.4, -0.2) is 34.0 Å². The summed E-state index contributed by atoms with van der Waals surface area (Å²) in [6.45, 7) is 0.0541. The smallest absolute Gasteiger partial charge is 0.276 e. The maximum atomic E-state index is 10.9. The zero-order chi connectivity index (χ0) is 8.43. The molecule has 0 radical (unpaired) electrons. The van der Waals surface area contributed by atoms with E-state index in [2.05, 4.69) is 5.32 Å². The number of rotatable bonds is 0. The highest BCUT2D eigenvalue weighted by molar-refractivity contribution is 8.22. The third kappa shape index (κ3) is 1.69. The van der Waals surface area contributed by atoms with Crippen molar-refractivity contribution in [3.8, 4) is 0 Å². The van der Waals surface area contributed by atoms with Crippen LogP contribution in [0.5, 0.6) is 0 Å². The summed E-state index contributed by atoms with van der Waals surface area (Å²) in [6.07, 6.45) is 1.76. The molecular weight excluding hydrogens is 184 g/mol. The first-order valence-corrected chi connectivity index (χ1v) is 4.47. The quantitative estimate of drug-likeness (QED) is 0.437. The molecule has 3 amide bonds. The van der Waals surface area contributed by atoms with Crippen molar-refractivity contribution in [3.05, 3.63) is 0 Å². The predicted octanol–water partition coefficient (Wildman–Crippen LogP) is 0.186. The molecule has 1 N–H and O–H groups in total.